The molecule has 0 aliphatic rings. The molecule has 0 saturated carbocycles. The molecule has 6 aromatic heterocycles. The molecule has 0 atom stereocenters. The van der Waals surface area contributed by atoms with Gasteiger partial charge in [0.05, 0.1) is 44.1 Å². The second-order valence-corrected chi connectivity index (χ2v) is 28.4. The summed E-state index contributed by atoms with van der Waals surface area (Å²) in [5.41, 5.74) is 17.2. The minimum atomic E-state index is 0.579. The Bertz CT molecular complexity index is 7820. The van der Waals surface area contributed by atoms with Crippen LogP contribution < -0.4 is 0 Å². The first-order valence-corrected chi connectivity index (χ1v) is 37.3. The summed E-state index contributed by atoms with van der Waals surface area (Å²) in [6, 6.07) is 129. The van der Waals surface area contributed by atoms with Gasteiger partial charge in [-0.1, -0.05) is 279 Å². The van der Waals surface area contributed by atoms with Crippen LogP contribution in [-0.4, -0.2) is 48.2 Å². The SMILES string of the molecule is c1ccc(-c2cccc(-c3nc(-c4ccccc4)nc(-n4c5cccc6c7ccccc7c7cccc8c7c7c(c65)c4ccc7n8-c4ccccc4)n3)c2)cc1.c1ccc(-c2nc(-c3ccc4ccccc4c3)nc(-n3c4cccc5c6ccccc6c6cccc7c6c6c(c54)c3ccc6n7-c3ccccc3)n2)cc1. The molecule has 24 aromatic rings. The van der Waals surface area contributed by atoms with E-state index in [1.54, 1.807) is 0 Å². The molecule has 0 radical (unpaired) electrons. The van der Waals surface area contributed by atoms with E-state index in [9.17, 15) is 0 Å². The molecule has 18 aromatic carbocycles. The molecule has 0 aliphatic heterocycles. The van der Waals surface area contributed by atoms with Gasteiger partial charge in [-0.25, -0.2) is 9.97 Å². The maximum Gasteiger partial charge on any atom is 0.238 e. The van der Waals surface area contributed by atoms with Crippen molar-refractivity contribution in [2.45, 2.75) is 0 Å². The Morgan fingerprint density at radius 2 is 0.436 bits per heavy atom. The fourth-order valence-corrected chi connectivity index (χ4v) is 17.8. The highest BCUT2D eigenvalue weighted by Crippen LogP contribution is 2.51. The summed E-state index contributed by atoms with van der Waals surface area (Å²) < 4.78 is 9.35. The topological polar surface area (TPSA) is 97.1 Å². The first kappa shape index (κ1) is 61.3. The average Bonchev–Trinajstić information content (AvgIpc) is 1.53. The molecule has 0 bridgehead atoms. The fraction of sp³-hybridized carbons (Fsp3) is 0. The molecule has 24 rings (SSSR count). The van der Waals surface area contributed by atoms with Crippen LogP contribution in [0.15, 0.2) is 364 Å². The van der Waals surface area contributed by atoms with Gasteiger partial charge in [0.15, 0.2) is 23.3 Å². The highest BCUT2D eigenvalue weighted by Gasteiger charge is 2.29. The lowest BCUT2D eigenvalue weighted by atomic mass is 9.95. The summed E-state index contributed by atoms with van der Waals surface area (Å²) in [5, 5.41) is 21.8. The Balaban J connectivity index is 0.000000132. The van der Waals surface area contributed by atoms with Crippen LogP contribution in [0.3, 0.4) is 0 Å². The van der Waals surface area contributed by atoms with Crippen LogP contribution in [0.25, 0.3) is 221 Å². The van der Waals surface area contributed by atoms with Gasteiger partial charge in [-0.3, -0.25) is 9.13 Å². The predicted octanol–water partition coefficient (Wildman–Crippen LogP) is 25.1. The smallest absolute Gasteiger partial charge is 0.238 e. The zero-order chi connectivity index (χ0) is 72.1. The highest BCUT2D eigenvalue weighted by atomic mass is 15.2. The van der Waals surface area contributed by atoms with Gasteiger partial charge < -0.3 is 9.13 Å². The van der Waals surface area contributed by atoms with Crippen LogP contribution in [0.5, 0.6) is 0 Å². The quantitative estimate of drug-likeness (QED) is 0.143. The number of para-hydroxylation sites is 2. The Hall–Kier alpha value is -15.0. The van der Waals surface area contributed by atoms with Gasteiger partial charge in [-0.05, 0) is 150 Å². The van der Waals surface area contributed by atoms with Gasteiger partial charge in [-0.15, -0.1) is 0 Å². The van der Waals surface area contributed by atoms with Crippen LogP contribution in [-0.2, 0) is 0 Å². The van der Waals surface area contributed by atoms with Crippen molar-refractivity contribution in [1.29, 1.82) is 0 Å². The van der Waals surface area contributed by atoms with Gasteiger partial charge in [0.2, 0.25) is 11.9 Å². The molecule has 510 valence electrons. The molecule has 10 heteroatoms. The molecule has 10 nitrogen and oxygen atoms in total. The summed E-state index contributed by atoms with van der Waals surface area (Å²) in [5.74, 6) is 3.68. The van der Waals surface area contributed by atoms with Crippen molar-refractivity contribution in [3.05, 3.63) is 364 Å². The van der Waals surface area contributed by atoms with Gasteiger partial charge in [0.1, 0.15) is 0 Å². The van der Waals surface area contributed by atoms with Gasteiger partial charge in [0, 0.05) is 76.7 Å². The number of benzene rings is 16. The Labute approximate surface area is 629 Å². The van der Waals surface area contributed by atoms with Crippen LogP contribution in [0, 0.1) is 0 Å². The number of hydrogen-bond acceptors (Lipinski definition) is 6. The lowest BCUT2D eigenvalue weighted by Gasteiger charge is -2.12. The van der Waals surface area contributed by atoms with E-state index < -0.39 is 0 Å². The van der Waals surface area contributed by atoms with E-state index in [0.717, 1.165) is 72.2 Å². The van der Waals surface area contributed by atoms with Gasteiger partial charge in [0.25, 0.3) is 0 Å². The number of rotatable bonds is 9. The van der Waals surface area contributed by atoms with Crippen molar-refractivity contribution in [3.8, 4) is 79.9 Å². The second kappa shape index (κ2) is 24.3. The number of nitrogens with zero attached hydrogens (tertiary/aromatic N) is 10. The first-order chi connectivity index (χ1) is 54.6. The molecule has 0 aliphatic carbocycles. The maximum atomic E-state index is 5.35. The summed E-state index contributed by atoms with van der Waals surface area (Å²) in [6.07, 6.45) is 0. The van der Waals surface area contributed by atoms with Crippen molar-refractivity contribution >= 4 is 141 Å². The molecule has 0 unspecified atom stereocenters. The molecule has 0 saturated heterocycles. The van der Waals surface area contributed by atoms with E-state index >= 15 is 0 Å². The first-order valence-electron chi connectivity index (χ1n) is 37.3. The van der Waals surface area contributed by atoms with Gasteiger partial charge >= 0.3 is 0 Å². The fourth-order valence-electron chi connectivity index (χ4n) is 17.8. The predicted molar refractivity (Wildman–Crippen MR) is 454 cm³/mol. The van der Waals surface area contributed by atoms with E-state index in [1.807, 2.05) is 42.5 Å². The molecule has 110 heavy (non-hydrogen) atoms. The van der Waals surface area contributed by atoms with Crippen molar-refractivity contribution in [1.82, 2.24) is 48.2 Å². The summed E-state index contributed by atoms with van der Waals surface area (Å²) >= 11 is 0. The summed E-state index contributed by atoms with van der Waals surface area (Å²) in [6.45, 7) is 0. The normalized spacial score (nSPS) is 12.0. The molecule has 0 N–H and O–H groups in total. The maximum absolute atomic E-state index is 5.35. The second-order valence-electron chi connectivity index (χ2n) is 28.4. The third-order valence-electron chi connectivity index (χ3n) is 22.4. The monoisotopic (exact) mass is 1400 g/mol. The Morgan fingerprint density at radius 3 is 0.845 bits per heavy atom. The van der Waals surface area contributed by atoms with E-state index in [0.29, 0.717) is 35.2 Å². The lowest BCUT2D eigenvalue weighted by Crippen LogP contribution is -2.06. The van der Waals surface area contributed by atoms with Crippen molar-refractivity contribution in [2.24, 2.45) is 0 Å². The Morgan fingerprint density at radius 1 is 0.155 bits per heavy atom. The van der Waals surface area contributed by atoms with E-state index in [2.05, 4.69) is 340 Å². The van der Waals surface area contributed by atoms with Crippen molar-refractivity contribution < 1.29 is 0 Å². The standard InChI is InChI=1S/C51H31N5.C49H29N5/c1-4-15-32(16-5-1)34-19-12-20-35(31-34)50-52-49(33-17-6-2-7-18-33)53-51(54-50)56-42-28-14-26-40-38-24-11-10-23-37(38)39-25-13-27-41-45(39)47-43(29-30-44(56)48(47)46(40)42)55(41)36-21-8-3-9-22-36;1-3-14-31(15-4-1)47-50-48(33-26-25-30-13-7-8-16-32(30)29-33)52-49(51-47)54-40-24-12-22-38-36-20-10-9-19-35(36)37-21-11-23-39-43(37)45-41(27-28-42(54)46(45)44(38)40)53(39)34-17-5-2-6-18-34/h1-31H;1-29H. The number of hydrogen-bond donors (Lipinski definition) is 0. The molecular formula is C100H60N10. The third kappa shape index (κ3) is 9.30. The molecule has 0 fully saturated rings. The summed E-state index contributed by atoms with van der Waals surface area (Å²) in [4.78, 5) is 31.5. The van der Waals surface area contributed by atoms with Gasteiger partial charge in [-0.2, -0.15) is 19.9 Å². The highest BCUT2D eigenvalue weighted by molar-refractivity contribution is 6.41. The van der Waals surface area contributed by atoms with Crippen molar-refractivity contribution in [3.63, 3.8) is 0 Å². The van der Waals surface area contributed by atoms with Crippen LogP contribution in [0.4, 0.5) is 0 Å². The lowest BCUT2D eigenvalue weighted by molar-refractivity contribution is 0.953. The van der Waals surface area contributed by atoms with Crippen molar-refractivity contribution in [2.75, 3.05) is 0 Å². The summed E-state index contributed by atoms with van der Waals surface area (Å²) in [7, 11) is 0. The minimum Gasteiger partial charge on any atom is -0.309 e. The Kier molecular flexibility index (Phi) is 13.5. The third-order valence-corrected chi connectivity index (χ3v) is 22.4. The molecular weight excluding hydrogens is 1340 g/mol. The number of fused-ring (bicyclic) bond motifs is 7. The van der Waals surface area contributed by atoms with E-state index in [1.165, 1.54) is 114 Å². The molecule has 0 spiro atoms. The number of aromatic nitrogens is 10. The molecule has 0 amide bonds. The largest absolute Gasteiger partial charge is 0.309 e. The zero-order valence-corrected chi connectivity index (χ0v) is 59.1. The van der Waals surface area contributed by atoms with Crippen LogP contribution in [0.1, 0.15) is 0 Å². The van der Waals surface area contributed by atoms with Crippen LogP contribution >= 0.6 is 0 Å². The zero-order valence-electron chi connectivity index (χ0n) is 59.1. The average molecular weight is 1400 g/mol. The molecule has 6 heterocycles. The van der Waals surface area contributed by atoms with E-state index in [-0.39, 0.29) is 0 Å². The minimum absolute atomic E-state index is 0.579. The van der Waals surface area contributed by atoms with Crippen LogP contribution in [0.2, 0.25) is 0 Å². The van der Waals surface area contributed by atoms with E-state index in [4.69, 9.17) is 29.9 Å².